The largest absolute Gasteiger partial charge is 0.303 e. The van der Waals surface area contributed by atoms with Crippen LogP contribution in [0.25, 0.3) is 0 Å². The van der Waals surface area contributed by atoms with Gasteiger partial charge in [0.2, 0.25) is 11.8 Å². The number of carbonyl (C=O) groups excluding carboxylic acids is 3. The second-order valence-corrected chi connectivity index (χ2v) is 11.5. The Morgan fingerprint density at radius 1 is 0.947 bits per heavy atom. The van der Waals surface area contributed by atoms with E-state index in [9.17, 15) is 18.8 Å². The van der Waals surface area contributed by atoms with Crippen LogP contribution in [0.3, 0.4) is 0 Å². The average Bonchev–Trinajstić information content (AvgIpc) is 3.43. The third-order valence-electron chi connectivity index (χ3n) is 8.74. The van der Waals surface area contributed by atoms with E-state index in [1.165, 1.54) is 70.6 Å². The predicted octanol–water partition coefficient (Wildman–Crippen LogP) is 4.10. The number of aldehydes is 1. The number of likely N-dealkylation sites (N-methyl/N-ethyl adjacent to an activating group) is 1. The molecule has 38 heavy (non-hydrogen) atoms. The van der Waals surface area contributed by atoms with E-state index in [1.807, 2.05) is 11.9 Å². The summed E-state index contributed by atoms with van der Waals surface area (Å²) in [5.74, 6) is -0.752. The number of hydrogen-bond acceptors (Lipinski definition) is 6. The van der Waals surface area contributed by atoms with Crippen LogP contribution in [0, 0.1) is 5.82 Å². The molecule has 0 radical (unpaired) electrons. The third kappa shape index (κ3) is 7.93. The van der Waals surface area contributed by atoms with Crippen molar-refractivity contribution in [2.45, 2.75) is 89.1 Å². The van der Waals surface area contributed by atoms with Crippen LogP contribution in [0.2, 0.25) is 0 Å². The Morgan fingerprint density at radius 2 is 1.58 bits per heavy atom. The van der Waals surface area contributed by atoms with Gasteiger partial charge < -0.3 is 9.80 Å². The van der Waals surface area contributed by atoms with Crippen LogP contribution in [0.4, 0.5) is 4.39 Å². The normalized spacial score (nSPS) is 21.8. The first-order chi connectivity index (χ1) is 18.4. The summed E-state index contributed by atoms with van der Waals surface area (Å²) in [6.45, 7) is 7.30. The number of benzene rings is 1. The maximum Gasteiger partial charge on any atom is 0.243 e. The first-order valence-corrected chi connectivity index (χ1v) is 14.7. The number of nitrogens with one attached hydrogen (secondary N) is 1. The molecule has 1 aromatic rings. The minimum Gasteiger partial charge on any atom is -0.303 e. The molecule has 0 bridgehead atoms. The highest BCUT2D eigenvalue weighted by Crippen LogP contribution is 2.33. The maximum atomic E-state index is 14.5. The molecule has 3 fully saturated rings. The molecule has 3 heterocycles. The van der Waals surface area contributed by atoms with Gasteiger partial charge in [0, 0.05) is 18.5 Å². The van der Waals surface area contributed by atoms with Crippen LogP contribution in [0.1, 0.15) is 98.0 Å². The number of amides is 2. The van der Waals surface area contributed by atoms with Crippen molar-refractivity contribution in [3.8, 4) is 0 Å². The van der Waals surface area contributed by atoms with Gasteiger partial charge in [-0.2, -0.15) is 0 Å². The van der Waals surface area contributed by atoms with Gasteiger partial charge in [-0.1, -0.05) is 19.3 Å². The lowest BCUT2D eigenvalue weighted by Crippen LogP contribution is -2.51. The quantitative estimate of drug-likeness (QED) is 0.236. The van der Waals surface area contributed by atoms with E-state index < -0.39 is 6.04 Å². The van der Waals surface area contributed by atoms with Gasteiger partial charge in [0.15, 0.2) is 0 Å². The summed E-state index contributed by atoms with van der Waals surface area (Å²) in [5, 5.41) is 2.40. The molecule has 0 saturated carbocycles. The van der Waals surface area contributed by atoms with Crippen LogP contribution in [-0.2, 0) is 16.1 Å². The lowest BCUT2D eigenvalue weighted by atomic mass is 9.84. The van der Waals surface area contributed by atoms with Crippen molar-refractivity contribution in [2.24, 2.45) is 0 Å². The van der Waals surface area contributed by atoms with E-state index in [-0.39, 0.29) is 23.5 Å². The molecule has 1 atom stereocenters. The summed E-state index contributed by atoms with van der Waals surface area (Å²) in [6, 6.07) is 2.44. The first-order valence-electron chi connectivity index (χ1n) is 14.7. The number of carbonyl (C=O) groups is 3. The number of imide groups is 1. The molecule has 8 heteroatoms. The summed E-state index contributed by atoms with van der Waals surface area (Å²) in [4.78, 5) is 42.8. The fourth-order valence-electron chi connectivity index (χ4n) is 6.47. The molecule has 0 aliphatic carbocycles. The van der Waals surface area contributed by atoms with Gasteiger partial charge in [-0.25, -0.2) is 4.39 Å². The molecule has 7 nitrogen and oxygen atoms in total. The zero-order valence-electron chi connectivity index (χ0n) is 23.1. The number of nitrogens with zero attached hydrogens (tertiary/aromatic N) is 3. The van der Waals surface area contributed by atoms with Gasteiger partial charge in [0.05, 0.1) is 6.04 Å². The van der Waals surface area contributed by atoms with E-state index in [0.29, 0.717) is 24.9 Å². The molecule has 1 aromatic carbocycles. The summed E-state index contributed by atoms with van der Waals surface area (Å²) in [5.41, 5.74) is 2.05. The minimum atomic E-state index is -0.438. The van der Waals surface area contributed by atoms with Crippen LogP contribution in [0.5, 0.6) is 0 Å². The Labute approximate surface area is 227 Å². The SMILES string of the molecule is CN(Cc1c(C=O)cc(F)cc1C1CCN(CCCCCCCN2CCCC2)CC1)C1CCC(=O)NC1=O. The first kappa shape index (κ1) is 28.8. The van der Waals surface area contributed by atoms with Crippen molar-refractivity contribution in [3.63, 3.8) is 0 Å². The topological polar surface area (TPSA) is 73.0 Å². The smallest absolute Gasteiger partial charge is 0.243 e. The molecular weight excluding hydrogens is 483 g/mol. The van der Waals surface area contributed by atoms with Crippen molar-refractivity contribution in [1.29, 1.82) is 0 Å². The average molecular weight is 529 g/mol. The minimum absolute atomic E-state index is 0.191. The highest BCUT2D eigenvalue weighted by molar-refractivity contribution is 6.00. The molecular formula is C30H45FN4O3. The van der Waals surface area contributed by atoms with Gasteiger partial charge in [0.25, 0.3) is 0 Å². The molecule has 3 aliphatic rings. The number of likely N-dealkylation sites (tertiary alicyclic amines) is 2. The number of unbranched alkanes of at least 4 members (excludes halogenated alkanes) is 4. The molecule has 210 valence electrons. The molecule has 3 aliphatic heterocycles. The lowest BCUT2D eigenvalue weighted by Gasteiger charge is -2.35. The maximum absolute atomic E-state index is 14.5. The predicted molar refractivity (Wildman–Crippen MR) is 147 cm³/mol. The van der Waals surface area contributed by atoms with E-state index in [4.69, 9.17) is 0 Å². The fraction of sp³-hybridized carbons (Fsp3) is 0.700. The van der Waals surface area contributed by atoms with Crippen molar-refractivity contribution < 1.29 is 18.8 Å². The Morgan fingerprint density at radius 3 is 2.21 bits per heavy atom. The Hall–Kier alpha value is -2.16. The molecule has 0 aromatic heterocycles. The molecule has 1 N–H and O–H groups in total. The molecule has 0 spiro atoms. The van der Waals surface area contributed by atoms with Crippen LogP contribution in [-0.4, -0.2) is 85.2 Å². The van der Waals surface area contributed by atoms with E-state index in [0.717, 1.165) is 49.9 Å². The molecule has 1 unspecified atom stereocenters. The van der Waals surface area contributed by atoms with Crippen molar-refractivity contribution in [3.05, 3.63) is 34.6 Å². The molecule has 2 amide bonds. The highest BCUT2D eigenvalue weighted by Gasteiger charge is 2.31. The van der Waals surface area contributed by atoms with Crippen molar-refractivity contribution in [2.75, 3.05) is 46.3 Å². The van der Waals surface area contributed by atoms with E-state index in [1.54, 1.807) is 6.07 Å². The van der Waals surface area contributed by atoms with Crippen LogP contribution < -0.4 is 5.32 Å². The van der Waals surface area contributed by atoms with Gasteiger partial charge in [-0.05, 0) is 120 Å². The monoisotopic (exact) mass is 528 g/mol. The van der Waals surface area contributed by atoms with Gasteiger partial charge in [0.1, 0.15) is 12.1 Å². The summed E-state index contributed by atoms with van der Waals surface area (Å²) < 4.78 is 14.5. The van der Waals surface area contributed by atoms with Crippen LogP contribution in [0.15, 0.2) is 12.1 Å². The lowest BCUT2D eigenvalue weighted by molar-refractivity contribution is -0.137. The van der Waals surface area contributed by atoms with Gasteiger partial charge in [-0.15, -0.1) is 0 Å². The number of halogens is 1. The Balaban J connectivity index is 1.26. The number of piperidine rings is 2. The van der Waals surface area contributed by atoms with E-state index in [2.05, 4.69) is 15.1 Å². The van der Waals surface area contributed by atoms with Crippen LogP contribution >= 0.6 is 0 Å². The number of rotatable bonds is 13. The Bertz CT molecular complexity index is 957. The van der Waals surface area contributed by atoms with Crippen molar-refractivity contribution in [1.82, 2.24) is 20.0 Å². The Kier molecular flexibility index (Phi) is 10.8. The summed E-state index contributed by atoms with van der Waals surface area (Å²) in [7, 11) is 1.83. The highest BCUT2D eigenvalue weighted by atomic mass is 19.1. The molecule has 3 saturated heterocycles. The summed E-state index contributed by atoms with van der Waals surface area (Å²) in [6.07, 6.45) is 12.6. The van der Waals surface area contributed by atoms with Gasteiger partial charge >= 0.3 is 0 Å². The second-order valence-electron chi connectivity index (χ2n) is 11.5. The van der Waals surface area contributed by atoms with Crippen molar-refractivity contribution >= 4 is 18.1 Å². The third-order valence-corrected chi connectivity index (χ3v) is 8.74. The second kappa shape index (κ2) is 14.3. The van der Waals surface area contributed by atoms with E-state index >= 15 is 0 Å². The standard InChI is InChI=1S/C30H45FN4O3/c1-33(28-9-10-29(37)32-30(28)38)21-27-24(22-36)19-25(31)20-26(27)23-11-17-35(18-12-23)14-6-4-2-3-5-13-34-15-7-8-16-34/h19-20,22-23,28H,2-18,21H2,1H3,(H,32,37,38). The summed E-state index contributed by atoms with van der Waals surface area (Å²) >= 11 is 0. The zero-order chi connectivity index (χ0) is 26.9. The fourth-order valence-corrected chi connectivity index (χ4v) is 6.47. The van der Waals surface area contributed by atoms with Gasteiger partial charge in [-0.3, -0.25) is 24.6 Å². The molecule has 4 rings (SSSR count). The number of hydrogen-bond donors (Lipinski definition) is 1. The zero-order valence-corrected chi connectivity index (χ0v) is 23.1.